The number of nitrogens with zero attached hydrogens (tertiary/aromatic N) is 1. The Morgan fingerprint density at radius 2 is 1.49 bits per heavy atom. The van der Waals surface area contributed by atoms with Gasteiger partial charge in [-0.1, -0.05) is 78.4 Å². The maximum absolute atomic E-state index is 13.4. The van der Waals surface area contributed by atoms with E-state index in [9.17, 15) is 9.90 Å². The minimum Gasteiger partial charge on any atom is -0.456 e. The zero-order valence-electron chi connectivity index (χ0n) is 24.9. The highest BCUT2D eigenvalue weighted by molar-refractivity contribution is 5.73. The fraction of sp³-hybridized carbons (Fsp3) is 0.400. The molecule has 3 rings (SSSR count). The Kier molecular flexibility index (Phi) is 10.7. The van der Waals surface area contributed by atoms with E-state index >= 15 is 0 Å². The second kappa shape index (κ2) is 13.7. The number of esters is 1. The van der Waals surface area contributed by atoms with Gasteiger partial charge in [-0.15, -0.1) is 0 Å². The molecular weight excluding hydrogens is 482 g/mol. The Balaban J connectivity index is 2.02. The fourth-order valence-corrected chi connectivity index (χ4v) is 5.22. The van der Waals surface area contributed by atoms with Crippen molar-refractivity contribution >= 4 is 5.97 Å². The maximum atomic E-state index is 13.4. The number of ether oxygens (including phenoxy) is 1. The summed E-state index contributed by atoms with van der Waals surface area (Å²) in [7, 11) is 0. The average Bonchev–Trinajstić information content (AvgIpc) is 2.92. The third-order valence-corrected chi connectivity index (χ3v) is 7.99. The van der Waals surface area contributed by atoms with Crippen molar-refractivity contribution in [3.05, 3.63) is 117 Å². The van der Waals surface area contributed by atoms with Crippen LogP contribution in [0.1, 0.15) is 72.7 Å². The van der Waals surface area contributed by atoms with E-state index in [0.717, 1.165) is 24.2 Å². The minimum absolute atomic E-state index is 0.136. The Bertz CT molecular complexity index is 1260. The molecule has 0 bridgehead atoms. The van der Waals surface area contributed by atoms with Crippen LogP contribution in [0.2, 0.25) is 0 Å². The normalized spacial score (nSPS) is 15.1. The number of aryl methyl sites for hydroxylation is 4. The highest BCUT2D eigenvalue weighted by Crippen LogP contribution is 2.31. The molecule has 3 aromatic rings. The first-order valence-corrected chi connectivity index (χ1v) is 13.9. The van der Waals surface area contributed by atoms with Gasteiger partial charge in [-0.05, 0) is 94.3 Å². The molecule has 0 amide bonds. The van der Waals surface area contributed by atoms with Crippen LogP contribution in [0, 0.1) is 33.6 Å². The summed E-state index contributed by atoms with van der Waals surface area (Å²) in [6, 6.07) is 22.7. The maximum Gasteiger partial charge on any atom is 0.312 e. The highest BCUT2D eigenvalue weighted by atomic mass is 16.5. The Morgan fingerprint density at radius 3 is 2.08 bits per heavy atom. The van der Waals surface area contributed by atoms with Crippen LogP contribution in [0.25, 0.3) is 0 Å². The number of aliphatic hydroxyl groups is 1. The molecule has 4 nitrogen and oxygen atoms in total. The molecule has 2 unspecified atom stereocenters. The van der Waals surface area contributed by atoms with Gasteiger partial charge >= 0.3 is 5.97 Å². The van der Waals surface area contributed by atoms with E-state index in [-0.39, 0.29) is 6.04 Å². The Labute approximate surface area is 235 Å². The topological polar surface area (TPSA) is 49.8 Å². The molecule has 0 fully saturated rings. The molecule has 0 aromatic heterocycles. The van der Waals surface area contributed by atoms with E-state index in [1.165, 1.54) is 33.4 Å². The van der Waals surface area contributed by atoms with Crippen molar-refractivity contribution in [1.29, 1.82) is 0 Å². The van der Waals surface area contributed by atoms with Gasteiger partial charge in [0.05, 0.1) is 12.0 Å². The average molecular weight is 528 g/mol. The first kappa shape index (κ1) is 30.3. The summed E-state index contributed by atoms with van der Waals surface area (Å²) in [5.41, 5.74) is 9.27. The number of carbonyl (C=O) groups excluding carboxylic acids is 1. The van der Waals surface area contributed by atoms with Crippen molar-refractivity contribution < 1.29 is 14.6 Å². The SMILES string of the molecule is C/C=C(\C)C(O)C(C)C(=O)O[C@H](c1ccccc1)[C@H](C)N(Cc1ccccc1C)Cc1c(C)cc(C)cc1C. The molecule has 0 saturated carbocycles. The number of rotatable bonds is 11. The van der Waals surface area contributed by atoms with E-state index < -0.39 is 24.1 Å². The molecule has 0 aliphatic heterocycles. The Morgan fingerprint density at radius 1 is 0.897 bits per heavy atom. The third kappa shape index (κ3) is 7.68. The van der Waals surface area contributed by atoms with Gasteiger partial charge in [-0.3, -0.25) is 9.69 Å². The van der Waals surface area contributed by atoms with Gasteiger partial charge in [0.25, 0.3) is 0 Å². The monoisotopic (exact) mass is 527 g/mol. The van der Waals surface area contributed by atoms with E-state index in [1.54, 1.807) is 6.92 Å². The van der Waals surface area contributed by atoms with Crippen LogP contribution in [0.4, 0.5) is 0 Å². The molecule has 0 aliphatic carbocycles. The van der Waals surface area contributed by atoms with Crippen LogP contribution in [-0.2, 0) is 22.6 Å². The lowest BCUT2D eigenvalue weighted by Gasteiger charge is -2.36. The highest BCUT2D eigenvalue weighted by Gasteiger charge is 2.33. The molecule has 4 heteroatoms. The first-order chi connectivity index (χ1) is 18.5. The second-order valence-corrected chi connectivity index (χ2v) is 11.0. The zero-order chi connectivity index (χ0) is 28.7. The molecule has 208 valence electrons. The molecule has 3 aromatic carbocycles. The number of hydrogen-bond acceptors (Lipinski definition) is 4. The largest absolute Gasteiger partial charge is 0.456 e. The molecule has 0 saturated heterocycles. The second-order valence-electron chi connectivity index (χ2n) is 11.0. The molecule has 39 heavy (non-hydrogen) atoms. The quantitative estimate of drug-likeness (QED) is 0.206. The molecular formula is C35H45NO3. The molecule has 4 atom stereocenters. The van der Waals surface area contributed by atoms with Gasteiger partial charge < -0.3 is 9.84 Å². The summed E-state index contributed by atoms with van der Waals surface area (Å²) < 4.78 is 6.27. The first-order valence-electron chi connectivity index (χ1n) is 13.9. The number of carbonyl (C=O) groups is 1. The summed E-state index contributed by atoms with van der Waals surface area (Å²) in [5.74, 6) is -1.08. The number of allylic oxidation sites excluding steroid dienone is 1. The van der Waals surface area contributed by atoms with Crippen LogP contribution >= 0.6 is 0 Å². The van der Waals surface area contributed by atoms with Gasteiger partial charge in [0.1, 0.15) is 6.10 Å². The van der Waals surface area contributed by atoms with Crippen molar-refractivity contribution in [2.24, 2.45) is 5.92 Å². The lowest BCUT2D eigenvalue weighted by molar-refractivity contribution is -0.160. The lowest BCUT2D eigenvalue weighted by Crippen LogP contribution is -2.40. The zero-order valence-corrected chi connectivity index (χ0v) is 24.9. The van der Waals surface area contributed by atoms with Crippen molar-refractivity contribution in [1.82, 2.24) is 4.90 Å². The van der Waals surface area contributed by atoms with Gasteiger partial charge in [0, 0.05) is 19.1 Å². The molecule has 0 aliphatic rings. The van der Waals surface area contributed by atoms with Gasteiger partial charge in [0.15, 0.2) is 0 Å². The number of hydrogen-bond donors (Lipinski definition) is 1. The van der Waals surface area contributed by atoms with E-state index in [0.29, 0.717) is 0 Å². The minimum atomic E-state index is -0.879. The predicted octanol–water partition coefficient (Wildman–Crippen LogP) is 7.56. The van der Waals surface area contributed by atoms with Crippen molar-refractivity contribution in [3.8, 4) is 0 Å². The summed E-state index contributed by atoms with van der Waals surface area (Å²) >= 11 is 0. The van der Waals surface area contributed by atoms with Crippen LogP contribution in [0.5, 0.6) is 0 Å². The summed E-state index contributed by atoms with van der Waals surface area (Å²) in [5, 5.41) is 10.7. The third-order valence-electron chi connectivity index (χ3n) is 7.99. The molecule has 0 heterocycles. The fourth-order valence-electron chi connectivity index (χ4n) is 5.22. The van der Waals surface area contributed by atoms with Crippen LogP contribution < -0.4 is 0 Å². The van der Waals surface area contributed by atoms with Crippen molar-refractivity contribution in [3.63, 3.8) is 0 Å². The van der Waals surface area contributed by atoms with Gasteiger partial charge in [0.2, 0.25) is 0 Å². The molecule has 0 spiro atoms. The predicted molar refractivity (Wildman–Crippen MR) is 160 cm³/mol. The Hall–Kier alpha value is -3.21. The standard InChI is InChI=1S/C35H45NO3/c1-9-24(3)33(37)28(7)35(38)39-34(30-16-11-10-12-17-30)29(8)36(21-31-18-14-13-15-25(31)4)22-32-26(5)19-23(2)20-27(32)6/h9-20,28-29,33-34,37H,21-22H2,1-8H3/b24-9+/t28?,29-,33?,34-/m0/s1. The summed E-state index contributed by atoms with van der Waals surface area (Å²) in [4.78, 5) is 15.8. The summed E-state index contributed by atoms with van der Waals surface area (Å²) in [6.45, 7) is 17.6. The van der Waals surface area contributed by atoms with Crippen molar-refractivity contribution in [2.75, 3.05) is 0 Å². The van der Waals surface area contributed by atoms with Crippen LogP contribution in [0.15, 0.2) is 78.4 Å². The lowest BCUT2D eigenvalue weighted by atomic mass is 9.95. The van der Waals surface area contributed by atoms with E-state index in [2.05, 4.69) is 75.9 Å². The van der Waals surface area contributed by atoms with E-state index in [4.69, 9.17) is 4.74 Å². The molecule has 1 N–H and O–H groups in total. The van der Waals surface area contributed by atoms with Crippen LogP contribution in [0.3, 0.4) is 0 Å². The van der Waals surface area contributed by atoms with Crippen LogP contribution in [-0.4, -0.2) is 28.1 Å². The van der Waals surface area contributed by atoms with Gasteiger partial charge in [-0.2, -0.15) is 0 Å². The smallest absolute Gasteiger partial charge is 0.312 e. The number of aliphatic hydroxyl groups excluding tert-OH is 1. The van der Waals surface area contributed by atoms with Gasteiger partial charge in [-0.25, -0.2) is 0 Å². The van der Waals surface area contributed by atoms with E-state index in [1.807, 2.05) is 50.3 Å². The summed E-state index contributed by atoms with van der Waals surface area (Å²) in [6.07, 6.45) is 0.451. The van der Waals surface area contributed by atoms with Crippen molar-refractivity contribution in [2.45, 2.75) is 86.7 Å². The molecule has 0 radical (unpaired) electrons. The number of benzene rings is 3.